The predicted molar refractivity (Wildman–Crippen MR) is 120 cm³/mol. The van der Waals surface area contributed by atoms with Crippen LogP contribution < -0.4 is 14.4 Å². The summed E-state index contributed by atoms with van der Waals surface area (Å²) in [7, 11) is 3.01. The zero-order valence-electron chi connectivity index (χ0n) is 16.7. The molecule has 0 bridgehead atoms. The maximum atomic E-state index is 13.1. The van der Waals surface area contributed by atoms with E-state index in [0.29, 0.717) is 22.7 Å². The molecule has 1 aliphatic heterocycles. The van der Waals surface area contributed by atoms with E-state index in [9.17, 15) is 14.7 Å². The van der Waals surface area contributed by atoms with Crippen molar-refractivity contribution in [2.75, 3.05) is 19.1 Å². The van der Waals surface area contributed by atoms with Gasteiger partial charge in [0.2, 0.25) is 0 Å². The summed E-state index contributed by atoms with van der Waals surface area (Å²) in [4.78, 5) is 28.3. The highest BCUT2D eigenvalue weighted by molar-refractivity contribution is 7.10. The Hall–Kier alpha value is -3.29. The van der Waals surface area contributed by atoms with Gasteiger partial charge in [-0.1, -0.05) is 23.7 Å². The molecule has 1 aliphatic rings. The summed E-state index contributed by atoms with van der Waals surface area (Å²) in [6, 6.07) is 14.4. The summed E-state index contributed by atoms with van der Waals surface area (Å²) in [5.74, 6) is -0.818. The molecule has 1 saturated heterocycles. The van der Waals surface area contributed by atoms with Crippen LogP contribution in [-0.4, -0.2) is 31.0 Å². The Morgan fingerprint density at radius 2 is 1.87 bits per heavy atom. The van der Waals surface area contributed by atoms with Gasteiger partial charge in [0.05, 0.1) is 24.8 Å². The summed E-state index contributed by atoms with van der Waals surface area (Å²) in [5, 5.41) is 13.2. The van der Waals surface area contributed by atoms with Crippen LogP contribution in [0.4, 0.5) is 5.69 Å². The summed E-state index contributed by atoms with van der Waals surface area (Å²) in [5.41, 5.74) is 0.805. The number of methoxy groups -OCH3 is 2. The molecule has 2 heterocycles. The number of aliphatic hydroxyl groups is 1. The number of thiophene rings is 1. The van der Waals surface area contributed by atoms with Crippen LogP contribution in [0.25, 0.3) is 5.76 Å². The molecule has 0 saturated carbocycles. The first kappa shape index (κ1) is 21.0. The first-order valence-electron chi connectivity index (χ1n) is 9.28. The molecule has 4 rings (SSSR count). The van der Waals surface area contributed by atoms with E-state index >= 15 is 0 Å². The maximum Gasteiger partial charge on any atom is 0.300 e. The number of rotatable bonds is 5. The van der Waals surface area contributed by atoms with Crippen molar-refractivity contribution in [2.45, 2.75) is 6.04 Å². The fourth-order valence-corrected chi connectivity index (χ4v) is 4.63. The molecule has 1 unspecified atom stereocenters. The Morgan fingerprint density at radius 1 is 1.06 bits per heavy atom. The molecule has 1 amide bonds. The Kier molecular flexibility index (Phi) is 5.71. The number of carbonyl (C=O) groups excluding carboxylic acids is 2. The van der Waals surface area contributed by atoms with Crippen LogP contribution in [0.2, 0.25) is 5.02 Å². The van der Waals surface area contributed by atoms with E-state index in [1.807, 2.05) is 17.5 Å². The van der Waals surface area contributed by atoms with Gasteiger partial charge in [0, 0.05) is 22.2 Å². The molecule has 31 heavy (non-hydrogen) atoms. The van der Waals surface area contributed by atoms with Gasteiger partial charge < -0.3 is 14.6 Å². The zero-order chi connectivity index (χ0) is 22.1. The lowest BCUT2D eigenvalue weighted by Gasteiger charge is -2.24. The third-order valence-electron chi connectivity index (χ3n) is 5.01. The van der Waals surface area contributed by atoms with Crippen molar-refractivity contribution in [3.05, 3.63) is 81.0 Å². The summed E-state index contributed by atoms with van der Waals surface area (Å²) < 4.78 is 10.4. The molecule has 1 atom stereocenters. The third-order valence-corrected chi connectivity index (χ3v) is 6.23. The first-order chi connectivity index (χ1) is 15.0. The molecule has 0 spiro atoms. The second-order valence-electron chi connectivity index (χ2n) is 6.74. The van der Waals surface area contributed by atoms with Crippen molar-refractivity contribution in [1.82, 2.24) is 0 Å². The molecule has 1 fully saturated rings. The minimum atomic E-state index is -0.784. The van der Waals surface area contributed by atoms with Crippen molar-refractivity contribution >= 4 is 46.1 Å². The lowest BCUT2D eigenvalue weighted by molar-refractivity contribution is -0.132. The lowest BCUT2D eigenvalue weighted by Crippen LogP contribution is -2.29. The third kappa shape index (κ3) is 3.66. The van der Waals surface area contributed by atoms with Crippen LogP contribution in [0.1, 0.15) is 16.5 Å². The van der Waals surface area contributed by atoms with Gasteiger partial charge in [-0.05, 0) is 41.8 Å². The average molecular weight is 456 g/mol. The van der Waals surface area contributed by atoms with Gasteiger partial charge in [-0.25, -0.2) is 0 Å². The first-order valence-corrected chi connectivity index (χ1v) is 10.5. The number of ether oxygens (including phenoxy) is 2. The monoisotopic (exact) mass is 455 g/mol. The van der Waals surface area contributed by atoms with E-state index in [-0.39, 0.29) is 16.4 Å². The van der Waals surface area contributed by atoms with Gasteiger partial charge in [0.25, 0.3) is 11.7 Å². The average Bonchev–Trinajstić information content (AvgIpc) is 3.40. The zero-order valence-corrected chi connectivity index (χ0v) is 18.2. The fourth-order valence-electron chi connectivity index (χ4n) is 3.54. The van der Waals surface area contributed by atoms with Crippen molar-refractivity contribution in [2.24, 2.45) is 0 Å². The van der Waals surface area contributed by atoms with Crippen molar-refractivity contribution in [3.63, 3.8) is 0 Å². The van der Waals surface area contributed by atoms with Crippen molar-refractivity contribution < 1.29 is 24.2 Å². The van der Waals surface area contributed by atoms with Crippen LogP contribution in [0.3, 0.4) is 0 Å². The normalized spacial score (nSPS) is 17.8. The molecule has 1 aromatic heterocycles. The molecule has 1 N–H and O–H groups in total. The number of aliphatic hydroxyl groups excluding tert-OH is 1. The highest BCUT2D eigenvalue weighted by Crippen LogP contribution is 2.44. The number of nitrogens with zero attached hydrogens (tertiary/aromatic N) is 1. The predicted octanol–water partition coefficient (Wildman–Crippen LogP) is 5.05. The number of carbonyl (C=O) groups is 2. The Balaban J connectivity index is 1.91. The highest BCUT2D eigenvalue weighted by atomic mass is 35.5. The minimum Gasteiger partial charge on any atom is -0.507 e. The number of benzene rings is 2. The molecule has 6 nitrogen and oxygen atoms in total. The summed E-state index contributed by atoms with van der Waals surface area (Å²) in [6.45, 7) is 0. The molecule has 0 radical (unpaired) electrons. The number of Topliss-reactive ketones (excluding diaryl/α,β-unsaturated/α-hetero) is 1. The fraction of sp³-hybridized carbons (Fsp3) is 0.130. The topological polar surface area (TPSA) is 76.1 Å². The SMILES string of the molecule is COc1cccc(N2C(=O)C(=O)/C(=C(\O)c3ccc(OC)c(Cl)c3)C2c2cccs2)c1. The van der Waals surface area contributed by atoms with Crippen LogP contribution in [0, 0.1) is 0 Å². The van der Waals surface area contributed by atoms with Gasteiger partial charge in [-0.2, -0.15) is 0 Å². The molecule has 158 valence electrons. The van der Waals surface area contributed by atoms with Crippen LogP contribution in [0.5, 0.6) is 11.5 Å². The number of hydrogen-bond donors (Lipinski definition) is 1. The maximum absolute atomic E-state index is 13.1. The van der Waals surface area contributed by atoms with E-state index in [2.05, 4.69) is 0 Å². The number of halogens is 1. The molecular weight excluding hydrogens is 438 g/mol. The molecular formula is C23H18ClNO5S. The van der Waals surface area contributed by atoms with E-state index in [1.54, 1.807) is 36.4 Å². The summed E-state index contributed by atoms with van der Waals surface area (Å²) >= 11 is 7.60. The van der Waals surface area contributed by atoms with Gasteiger partial charge in [-0.15, -0.1) is 11.3 Å². The molecule has 2 aromatic carbocycles. The number of hydrogen-bond acceptors (Lipinski definition) is 6. The van der Waals surface area contributed by atoms with E-state index in [0.717, 1.165) is 4.88 Å². The minimum absolute atomic E-state index is 0.00324. The van der Waals surface area contributed by atoms with Gasteiger partial charge in [0.15, 0.2) is 0 Å². The van der Waals surface area contributed by atoms with Crippen molar-refractivity contribution in [1.29, 1.82) is 0 Å². The summed E-state index contributed by atoms with van der Waals surface area (Å²) in [6.07, 6.45) is 0. The van der Waals surface area contributed by atoms with Gasteiger partial charge in [0.1, 0.15) is 23.3 Å². The van der Waals surface area contributed by atoms with Crippen LogP contribution in [-0.2, 0) is 9.59 Å². The Bertz CT molecular complexity index is 1190. The smallest absolute Gasteiger partial charge is 0.300 e. The van der Waals surface area contributed by atoms with E-state index < -0.39 is 17.7 Å². The number of ketones is 1. The van der Waals surface area contributed by atoms with E-state index in [4.69, 9.17) is 21.1 Å². The van der Waals surface area contributed by atoms with Gasteiger partial charge >= 0.3 is 0 Å². The Morgan fingerprint density at radius 3 is 2.52 bits per heavy atom. The Labute approximate surface area is 187 Å². The van der Waals surface area contributed by atoms with Crippen LogP contribution in [0.15, 0.2) is 65.6 Å². The second kappa shape index (κ2) is 8.45. The van der Waals surface area contributed by atoms with Crippen molar-refractivity contribution in [3.8, 4) is 11.5 Å². The molecule has 8 heteroatoms. The quantitative estimate of drug-likeness (QED) is 0.331. The highest BCUT2D eigenvalue weighted by Gasteiger charge is 2.47. The standard InChI is InChI=1S/C23H18ClNO5S/c1-29-15-6-3-5-14(12-15)25-20(18-7-4-10-31-18)19(22(27)23(25)28)21(26)13-8-9-17(30-2)16(24)11-13/h3-12,20,26H,1-2H3/b21-19-. The van der Waals surface area contributed by atoms with Crippen LogP contribution >= 0.6 is 22.9 Å². The van der Waals surface area contributed by atoms with Gasteiger partial charge in [-0.3, -0.25) is 14.5 Å². The largest absolute Gasteiger partial charge is 0.507 e. The van der Waals surface area contributed by atoms with E-state index in [1.165, 1.54) is 36.5 Å². The second-order valence-corrected chi connectivity index (χ2v) is 8.12. The number of anilines is 1. The number of amides is 1. The molecule has 3 aromatic rings. The lowest BCUT2D eigenvalue weighted by atomic mass is 9.99. The molecule has 0 aliphatic carbocycles.